The lowest BCUT2D eigenvalue weighted by Crippen LogP contribution is -2.40. The number of rotatable bonds is 4. The summed E-state index contributed by atoms with van der Waals surface area (Å²) in [5.41, 5.74) is 4.01. The molecule has 116 valence electrons. The smallest absolute Gasteiger partial charge is 0.194 e. The van der Waals surface area contributed by atoms with Crippen molar-refractivity contribution in [1.29, 1.82) is 0 Å². The normalized spacial score (nSPS) is 19.1. The highest BCUT2D eigenvalue weighted by molar-refractivity contribution is 5.80. The summed E-state index contributed by atoms with van der Waals surface area (Å²) in [5.74, 6) is 0.929. The number of benzene rings is 1. The lowest BCUT2D eigenvalue weighted by Gasteiger charge is -2.21. The molecule has 1 aromatic carbocycles. The Labute approximate surface area is 127 Å². The number of hydrogen-bond donors (Lipinski definition) is 2. The molecule has 21 heavy (non-hydrogen) atoms. The number of nitrogens with zero attached hydrogens (tertiary/aromatic N) is 2. The summed E-state index contributed by atoms with van der Waals surface area (Å²) in [5, 5.41) is 13.0. The predicted octanol–water partition coefficient (Wildman–Crippen LogP) is 1.88. The van der Waals surface area contributed by atoms with E-state index in [0.29, 0.717) is 6.54 Å². The Hall–Kier alpha value is -1.55. The Bertz CT molecular complexity index is 499. The van der Waals surface area contributed by atoms with E-state index in [1.807, 2.05) is 0 Å². The van der Waals surface area contributed by atoms with Crippen molar-refractivity contribution < 1.29 is 5.11 Å². The van der Waals surface area contributed by atoms with E-state index < -0.39 is 0 Å². The zero-order chi connectivity index (χ0) is 15.2. The Balaban J connectivity index is 1.96. The van der Waals surface area contributed by atoms with Crippen molar-refractivity contribution in [2.45, 2.75) is 39.7 Å². The van der Waals surface area contributed by atoms with Crippen LogP contribution in [0.15, 0.2) is 23.2 Å². The zero-order valence-corrected chi connectivity index (χ0v) is 13.4. The van der Waals surface area contributed by atoms with Crippen molar-refractivity contribution in [3.05, 3.63) is 34.9 Å². The van der Waals surface area contributed by atoms with Gasteiger partial charge in [0, 0.05) is 26.2 Å². The molecule has 0 radical (unpaired) electrons. The molecule has 0 unspecified atom stereocenters. The van der Waals surface area contributed by atoms with Gasteiger partial charge in [-0.2, -0.15) is 0 Å². The Kier molecular flexibility index (Phi) is 5.62. The monoisotopic (exact) mass is 289 g/mol. The first-order valence-electron chi connectivity index (χ1n) is 7.87. The SMILES string of the molecule is CCNC(=NCCc1ccc(C)cc1C)N1CC[C@@H](O)C1. The third-order valence-corrected chi connectivity index (χ3v) is 3.94. The first-order chi connectivity index (χ1) is 10.1. The van der Waals surface area contributed by atoms with Crippen LogP contribution < -0.4 is 5.32 Å². The third kappa shape index (κ3) is 4.46. The fourth-order valence-corrected chi connectivity index (χ4v) is 2.77. The van der Waals surface area contributed by atoms with Crippen LogP contribution in [-0.2, 0) is 6.42 Å². The number of β-amino-alcohol motifs (C(OH)–C–C–N with tert-alkyl or cyclic N) is 1. The minimum atomic E-state index is -0.215. The van der Waals surface area contributed by atoms with E-state index in [4.69, 9.17) is 4.99 Å². The molecule has 0 bridgehead atoms. The van der Waals surface area contributed by atoms with Crippen molar-refractivity contribution in [2.24, 2.45) is 4.99 Å². The highest BCUT2D eigenvalue weighted by atomic mass is 16.3. The number of guanidine groups is 1. The summed E-state index contributed by atoms with van der Waals surface area (Å²) in [6.45, 7) is 9.57. The van der Waals surface area contributed by atoms with Gasteiger partial charge in [-0.15, -0.1) is 0 Å². The molecule has 1 aliphatic heterocycles. The van der Waals surface area contributed by atoms with Gasteiger partial charge in [0.05, 0.1) is 6.10 Å². The van der Waals surface area contributed by atoms with Gasteiger partial charge >= 0.3 is 0 Å². The molecule has 1 saturated heterocycles. The molecular formula is C17H27N3O. The molecule has 4 heteroatoms. The predicted molar refractivity (Wildman–Crippen MR) is 87.8 cm³/mol. The summed E-state index contributed by atoms with van der Waals surface area (Å²) < 4.78 is 0. The maximum atomic E-state index is 9.66. The van der Waals surface area contributed by atoms with Crippen LogP contribution in [0.4, 0.5) is 0 Å². The molecule has 0 aliphatic carbocycles. The van der Waals surface area contributed by atoms with Gasteiger partial charge in [0.15, 0.2) is 5.96 Å². The molecule has 0 aromatic heterocycles. The molecule has 1 heterocycles. The molecule has 2 rings (SSSR count). The van der Waals surface area contributed by atoms with Crippen molar-refractivity contribution in [3.8, 4) is 0 Å². The quantitative estimate of drug-likeness (QED) is 0.657. The van der Waals surface area contributed by atoms with Crippen LogP contribution in [0, 0.1) is 13.8 Å². The van der Waals surface area contributed by atoms with Gasteiger partial charge in [0.25, 0.3) is 0 Å². The van der Waals surface area contributed by atoms with Crippen LogP contribution in [0.1, 0.15) is 30.0 Å². The second-order valence-electron chi connectivity index (χ2n) is 5.80. The average molecular weight is 289 g/mol. The number of likely N-dealkylation sites (tertiary alicyclic amines) is 1. The van der Waals surface area contributed by atoms with E-state index in [1.165, 1.54) is 16.7 Å². The van der Waals surface area contributed by atoms with Crippen molar-refractivity contribution in [3.63, 3.8) is 0 Å². The summed E-state index contributed by atoms with van der Waals surface area (Å²) in [4.78, 5) is 6.86. The second kappa shape index (κ2) is 7.46. The summed E-state index contributed by atoms with van der Waals surface area (Å²) in [7, 11) is 0. The largest absolute Gasteiger partial charge is 0.391 e. The van der Waals surface area contributed by atoms with Crippen LogP contribution in [0.3, 0.4) is 0 Å². The number of aryl methyl sites for hydroxylation is 2. The van der Waals surface area contributed by atoms with E-state index in [1.54, 1.807) is 0 Å². The average Bonchev–Trinajstić information content (AvgIpc) is 2.86. The molecule has 0 saturated carbocycles. The van der Waals surface area contributed by atoms with Gasteiger partial charge in [0.2, 0.25) is 0 Å². The molecule has 4 nitrogen and oxygen atoms in total. The minimum absolute atomic E-state index is 0.215. The standard InChI is InChI=1S/C17H27N3O/c1-4-18-17(20-10-8-16(21)12-20)19-9-7-15-6-5-13(2)11-14(15)3/h5-6,11,16,21H,4,7-10,12H2,1-3H3,(H,18,19)/t16-/m1/s1. The van der Waals surface area contributed by atoms with Crippen LogP contribution in [0.25, 0.3) is 0 Å². The lowest BCUT2D eigenvalue weighted by atomic mass is 10.0. The highest BCUT2D eigenvalue weighted by Gasteiger charge is 2.22. The molecule has 1 aliphatic rings. The van der Waals surface area contributed by atoms with E-state index in [0.717, 1.165) is 38.4 Å². The number of aliphatic hydroxyl groups excluding tert-OH is 1. The Morgan fingerprint density at radius 1 is 1.43 bits per heavy atom. The molecule has 1 atom stereocenters. The van der Waals surface area contributed by atoms with Crippen molar-refractivity contribution >= 4 is 5.96 Å². The molecule has 0 spiro atoms. The van der Waals surface area contributed by atoms with Crippen LogP contribution in [-0.4, -0.2) is 48.2 Å². The highest BCUT2D eigenvalue weighted by Crippen LogP contribution is 2.12. The molecule has 1 fully saturated rings. The summed E-state index contributed by atoms with van der Waals surface area (Å²) >= 11 is 0. The van der Waals surface area contributed by atoms with Gasteiger partial charge in [-0.3, -0.25) is 4.99 Å². The van der Waals surface area contributed by atoms with Gasteiger partial charge in [0.1, 0.15) is 0 Å². The van der Waals surface area contributed by atoms with Crippen LogP contribution in [0.5, 0.6) is 0 Å². The third-order valence-electron chi connectivity index (χ3n) is 3.94. The Morgan fingerprint density at radius 2 is 2.24 bits per heavy atom. The topological polar surface area (TPSA) is 47.9 Å². The number of aliphatic imine (C=N–C) groups is 1. The first kappa shape index (κ1) is 15.8. The summed E-state index contributed by atoms with van der Waals surface area (Å²) in [6.07, 6.45) is 1.58. The lowest BCUT2D eigenvalue weighted by molar-refractivity contribution is 0.188. The number of hydrogen-bond acceptors (Lipinski definition) is 2. The van der Waals surface area contributed by atoms with Gasteiger partial charge < -0.3 is 15.3 Å². The van der Waals surface area contributed by atoms with E-state index in [-0.39, 0.29) is 6.10 Å². The van der Waals surface area contributed by atoms with Crippen molar-refractivity contribution in [2.75, 3.05) is 26.2 Å². The van der Waals surface area contributed by atoms with Crippen LogP contribution in [0.2, 0.25) is 0 Å². The molecule has 0 amide bonds. The fourth-order valence-electron chi connectivity index (χ4n) is 2.77. The number of nitrogens with one attached hydrogen (secondary N) is 1. The van der Waals surface area contributed by atoms with E-state index >= 15 is 0 Å². The summed E-state index contributed by atoms with van der Waals surface area (Å²) in [6, 6.07) is 6.59. The Morgan fingerprint density at radius 3 is 2.86 bits per heavy atom. The van der Waals surface area contributed by atoms with Gasteiger partial charge in [-0.25, -0.2) is 0 Å². The molecule has 1 aromatic rings. The zero-order valence-electron chi connectivity index (χ0n) is 13.4. The van der Waals surface area contributed by atoms with E-state index in [2.05, 4.69) is 49.2 Å². The van der Waals surface area contributed by atoms with Crippen molar-refractivity contribution in [1.82, 2.24) is 10.2 Å². The maximum Gasteiger partial charge on any atom is 0.194 e. The van der Waals surface area contributed by atoms with Crippen LogP contribution >= 0.6 is 0 Å². The molecular weight excluding hydrogens is 262 g/mol. The van der Waals surface area contributed by atoms with Gasteiger partial charge in [-0.05, 0) is 44.7 Å². The molecule has 2 N–H and O–H groups in total. The number of aliphatic hydroxyl groups is 1. The van der Waals surface area contributed by atoms with E-state index in [9.17, 15) is 5.11 Å². The first-order valence-corrected chi connectivity index (χ1v) is 7.87. The second-order valence-corrected chi connectivity index (χ2v) is 5.80. The van der Waals surface area contributed by atoms with Gasteiger partial charge in [-0.1, -0.05) is 23.8 Å². The fraction of sp³-hybridized carbons (Fsp3) is 0.588. The minimum Gasteiger partial charge on any atom is -0.391 e. The maximum absolute atomic E-state index is 9.66.